The van der Waals surface area contributed by atoms with Crippen molar-refractivity contribution < 1.29 is 4.74 Å². The summed E-state index contributed by atoms with van der Waals surface area (Å²) < 4.78 is 5.17. The maximum atomic E-state index is 5.74. The van der Waals surface area contributed by atoms with Crippen LogP contribution >= 0.6 is 0 Å². The molecule has 2 N–H and O–H groups in total. The molecule has 1 saturated carbocycles. The molecule has 0 radical (unpaired) electrons. The molecule has 1 saturated heterocycles. The lowest BCUT2D eigenvalue weighted by molar-refractivity contribution is 0.341. The van der Waals surface area contributed by atoms with Gasteiger partial charge in [0, 0.05) is 18.7 Å². The van der Waals surface area contributed by atoms with Gasteiger partial charge in [-0.3, -0.25) is 0 Å². The molecule has 2 atom stereocenters. The number of rotatable bonds is 2. The second-order valence-electron chi connectivity index (χ2n) is 5.22. The Balaban J connectivity index is 1.88. The van der Waals surface area contributed by atoms with Crippen LogP contribution < -0.4 is 15.4 Å². The Bertz CT molecular complexity index is 437. The van der Waals surface area contributed by atoms with Crippen LogP contribution in [0, 0.1) is 5.92 Å². The first kappa shape index (κ1) is 11.6. The van der Waals surface area contributed by atoms with Crippen molar-refractivity contribution in [2.45, 2.75) is 38.1 Å². The largest absolute Gasteiger partial charge is 0.481 e. The fourth-order valence-electron chi connectivity index (χ4n) is 3.37. The summed E-state index contributed by atoms with van der Waals surface area (Å²) in [7, 11) is 1.61. The van der Waals surface area contributed by atoms with Crippen LogP contribution in [0.4, 0.5) is 11.8 Å². The number of anilines is 2. The molecular weight excluding hydrogens is 228 g/mol. The van der Waals surface area contributed by atoms with E-state index in [1.807, 2.05) is 6.07 Å². The Hall–Kier alpha value is -1.52. The van der Waals surface area contributed by atoms with E-state index in [0.717, 1.165) is 18.3 Å². The number of hydrogen-bond acceptors (Lipinski definition) is 5. The summed E-state index contributed by atoms with van der Waals surface area (Å²) in [6.45, 7) is 1.08. The Kier molecular flexibility index (Phi) is 2.97. The number of aromatic nitrogens is 2. The third-order valence-electron chi connectivity index (χ3n) is 4.22. The molecule has 2 fully saturated rings. The highest BCUT2D eigenvalue weighted by Gasteiger charge is 2.36. The van der Waals surface area contributed by atoms with Crippen molar-refractivity contribution in [1.29, 1.82) is 0 Å². The molecular formula is C13H20N4O. The molecule has 5 heteroatoms. The van der Waals surface area contributed by atoms with E-state index in [2.05, 4.69) is 14.9 Å². The van der Waals surface area contributed by atoms with Gasteiger partial charge in [0.05, 0.1) is 7.11 Å². The fraction of sp³-hybridized carbons (Fsp3) is 0.692. The van der Waals surface area contributed by atoms with E-state index in [0.29, 0.717) is 17.9 Å². The summed E-state index contributed by atoms with van der Waals surface area (Å²) in [5.74, 6) is 2.61. The minimum absolute atomic E-state index is 0.295. The number of hydrogen-bond donors (Lipinski definition) is 1. The lowest BCUT2D eigenvalue weighted by Crippen LogP contribution is -2.35. The highest BCUT2D eigenvalue weighted by molar-refractivity contribution is 5.47. The molecule has 1 aliphatic heterocycles. The summed E-state index contributed by atoms with van der Waals surface area (Å²) in [6.07, 6.45) is 6.62. The first-order chi connectivity index (χ1) is 8.78. The average molecular weight is 248 g/mol. The smallest absolute Gasteiger partial charge is 0.225 e. The van der Waals surface area contributed by atoms with Crippen molar-refractivity contribution in [2.24, 2.45) is 5.92 Å². The molecule has 98 valence electrons. The van der Waals surface area contributed by atoms with E-state index in [9.17, 15) is 0 Å². The number of methoxy groups -OCH3 is 1. The van der Waals surface area contributed by atoms with Crippen LogP contribution in [0.5, 0.6) is 5.88 Å². The molecule has 3 rings (SSSR count). The average Bonchev–Trinajstić information content (AvgIpc) is 2.81. The normalized spacial score (nSPS) is 27.1. The number of nitrogens with two attached hydrogens (primary N) is 1. The van der Waals surface area contributed by atoms with Crippen LogP contribution in [0.15, 0.2) is 6.07 Å². The quantitative estimate of drug-likeness (QED) is 0.865. The third kappa shape index (κ3) is 1.98. The van der Waals surface area contributed by atoms with Gasteiger partial charge in [-0.05, 0) is 25.2 Å². The number of nitrogen functional groups attached to an aromatic ring is 1. The second kappa shape index (κ2) is 4.63. The summed E-state index contributed by atoms with van der Waals surface area (Å²) in [5.41, 5.74) is 5.74. The van der Waals surface area contributed by atoms with Crippen LogP contribution in [0.25, 0.3) is 0 Å². The Morgan fingerprint density at radius 1 is 1.28 bits per heavy atom. The van der Waals surface area contributed by atoms with Gasteiger partial charge in [0.25, 0.3) is 0 Å². The number of fused-ring (bicyclic) bond motifs is 1. The van der Waals surface area contributed by atoms with E-state index < -0.39 is 0 Å². The maximum absolute atomic E-state index is 5.74. The zero-order valence-corrected chi connectivity index (χ0v) is 10.8. The molecule has 0 spiro atoms. The summed E-state index contributed by atoms with van der Waals surface area (Å²) in [6, 6.07) is 2.53. The lowest BCUT2D eigenvalue weighted by Gasteiger charge is -2.32. The maximum Gasteiger partial charge on any atom is 0.225 e. The van der Waals surface area contributed by atoms with E-state index in [-0.39, 0.29) is 0 Å². The van der Waals surface area contributed by atoms with E-state index in [4.69, 9.17) is 10.5 Å². The van der Waals surface area contributed by atoms with Crippen LogP contribution in [0.1, 0.15) is 32.1 Å². The van der Waals surface area contributed by atoms with Gasteiger partial charge in [0.15, 0.2) is 0 Å². The number of nitrogens with zero attached hydrogens (tertiary/aromatic N) is 3. The SMILES string of the molecule is COc1cc(N2CCC3CCCCC32)nc(N)n1. The monoisotopic (exact) mass is 248 g/mol. The molecule has 18 heavy (non-hydrogen) atoms. The van der Waals surface area contributed by atoms with Gasteiger partial charge in [0.1, 0.15) is 5.82 Å². The Morgan fingerprint density at radius 3 is 2.94 bits per heavy atom. The molecule has 0 aromatic carbocycles. The van der Waals surface area contributed by atoms with Crippen molar-refractivity contribution in [3.05, 3.63) is 6.07 Å². The van der Waals surface area contributed by atoms with Gasteiger partial charge < -0.3 is 15.4 Å². The van der Waals surface area contributed by atoms with Crippen LogP contribution in [-0.4, -0.2) is 29.7 Å². The van der Waals surface area contributed by atoms with Crippen molar-refractivity contribution in [2.75, 3.05) is 24.3 Å². The van der Waals surface area contributed by atoms with Crippen LogP contribution in [-0.2, 0) is 0 Å². The first-order valence-electron chi connectivity index (χ1n) is 6.73. The second-order valence-corrected chi connectivity index (χ2v) is 5.22. The minimum atomic E-state index is 0.295. The minimum Gasteiger partial charge on any atom is -0.481 e. The standard InChI is InChI=1S/C13H20N4O/c1-18-12-8-11(15-13(14)16-12)17-7-6-9-4-2-3-5-10(9)17/h8-10H,2-7H2,1H3,(H2,14,15,16). The first-order valence-corrected chi connectivity index (χ1v) is 6.73. The molecule has 0 bridgehead atoms. The molecule has 1 aliphatic carbocycles. The zero-order chi connectivity index (χ0) is 12.5. The highest BCUT2D eigenvalue weighted by Crippen LogP contribution is 2.38. The zero-order valence-electron chi connectivity index (χ0n) is 10.8. The number of ether oxygens (including phenoxy) is 1. The lowest BCUT2D eigenvalue weighted by atomic mass is 9.85. The van der Waals surface area contributed by atoms with Crippen LogP contribution in [0.2, 0.25) is 0 Å². The van der Waals surface area contributed by atoms with Crippen molar-refractivity contribution >= 4 is 11.8 Å². The molecule has 1 aromatic rings. The topological polar surface area (TPSA) is 64.3 Å². The predicted molar refractivity (Wildman–Crippen MR) is 70.7 cm³/mol. The fourth-order valence-corrected chi connectivity index (χ4v) is 3.37. The van der Waals surface area contributed by atoms with Gasteiger partial charge in [-0.25, -0.2) is 0 Å². The highest BCUT2D eigenvalue weighted by atomic mass is 16.5. The summed E-state index contributed by atoms with van der Waals surface area (Å²) >= 11 is 0. The van der Waals surface area contributed by atoms with Gasteiger partial charge in [-0.2, -0.15) is 9.97 Å². The Morgan fingerprint density at radius 2 is 2.11 bits per heavy atom. The molecule has 5 nitrogen and oxygen atoms in total. The summed E-state index contributed by atoms with van der Waals surface area (Å²) in [4.78, 5) is 10.8. The van der Waals surface area contributed by atoms with Gasteiger partial charge in [0.2, 0.25) is 11.8 Å². The van der Waals surface area contributed by atoms with Gasteiger partial charge in [-0.15, -0.1) is 0 Å². The van der Waals surface area contributed by atoms with E-state index in [1.54, 1.807) is 7.11 Å². The molecule has 2 heterocycles. The summed E-state index contributed by atoms with van der Waals surface area (Å²) in [5, 5.41) is 0. The Labute approximate surface area is 107 Å². The van der Waals surface area contributed by atoms with Crippen molar-refractivity contribution in [3.63, 3.8) is 0 Å². The molecule has 0 amide bonds. The predicted octanol–water partition coefficient (Wildman–Crippen LogP) is 1.84. The van der Waals surface area contributed by atoms with Crippen molar-refractivity contribution in [3.8, 4) is 5.88 Å². The van der Waals surface area contributed by atoms with E-state index in [1.165, 1.54) is 32.1 Å². The van der Waals surface area contributed by atoms with Crippen LogP contribution in [0.3, 0.4) is 0 Å². The third-order valence-corrected chi connectivity index (χ3v) is 4.22. The van der Waals surface area contributed by atoms with E-state index >= 15 is 0 Å². The van der Waals surface area contributed by atoms with Crippen molar-refractivity contribution in [1.82, 2.24) is 9.97 Å². The molecule has 2 unspecified atom stereocenters. The molecule has 2 aliphatic rings. The van der Waals surface area contributed by atoms with Gasteiger partial charge >= 0.3 is 0 Å². The van der Waals surface area contributed by atoms with Gasteiger partial charge in [-0.1, -0.05) is 12.8 Å². The molecule has 1 aromatic heterocycles.